The van der Waals surface area contributed by atoms with E-state index in [0.29, 0.717) is 5.56 Å². The molecule has 0 amide bonds. The third kappa shape index (κ3) is 2.42. The fourth-order valence-corrected chi connectivity index (χ4v) is 2.71. The quantitative estimate of drug-likeness (QED) is 0.663. The van der Waals surface area contributed by atoms with Gasteiger partial charge in [0.05, 0.1) is 4.90 Å². The van der Waals surface area contributed by atoms with Gasteiger partial charge in [-0.05, 0) is 40.1 Å². The second-order valence-electron chi connectivity index (χ2n) is 4.53. The van der Waals surface area contributed by atoms with Crippen LogP contribution in [0.25, 0.3) is 21.9 Å². The summed E-state index contributed by atoms with van der Waals surface area (Å²) in [4.78, 5) is -0.317. The molecule has 100 valence electrons. The van der Waals surface area contributed by atoms with Crippen LogP contribution in [0.3, 0.4) is 0 Å². The number of halogens is 1. The van der Waals surface area contributed by atoms with Crippen molar-refractivity contribution in [2.45, 2.75) is 4.90 Å². The summed E-state index contributed by atoms with van der Waals surface area (Å²) in [6.07, 6.45) is 0. The van der Waals surface area contributed by atoms with Crippen LogP contribution >= 0.6 is 0 Å². The number of benzene rings is 3. The smallest absolute Gasteiger partial charge is 0.189 e. The van der Waals surface area contributed by atoms with Crippen LogP contribution < -0.4 is 0 Å². The van der Waals surface area contributed by atoms with Gasteiger partial charge in [0.15, 0.2) is 0 Å². The molecule has 3 rings (SSSR count). The van der Waals surface area contributed by atoms with Gasteiger partial charge in [0.1, 0.15) is 0 Å². The average molecular weight is 286 g/mol. The zero-order chi connectivity index (χ0) is 14.2. The molecule has 0 saturated heterocycles. The highest BCUT2D eigenvalue weighted by atomic mass is 32.3. The first-order valence-corrected chi connectivity index (χ1v) is 7.46. The molecule has 0 aliphatic heterocycles. The Balaban J connectivity index is 2.16. The topological polar surface area (TPSA) is 34.1 Å². The molecule has 2 nitrogen and oxygen atoms in total. The molecule has 3 aromatic carbocycles. The molecule has 0 fully saturated rings. The van der Waals surface area contributed by atoms with E-state index in [1.165, 1.54) is 18.2 Å². The lowest BCUT2D eigenvalue weighted by Gasteiger charge is -2.05. The summed E-state index contributed by atoms with van der Waals surface area (Å²) >= 11 is 0. The van der Waals surface area contributed by atoms with Gasteiger partial charge in [0.25, 0.3) is 0 Å². The lowest BCUT2D eigenvalue weighted by molar-refractivity contribution is 0.552. The molecule has 0 spiro atoms. The Hall–Kier alpha value is -2.20. The first kappa shape index (κ1) is 12.8. The standard InChI is InChI=1S/C16H11FO2S/c17-20(18,19)16-7-3-6-14(11-16)15-9-8-12-4-1-2-5-13(12)10-15/h1-11H. The maximum absolute atomic E-state index is 13.0. The van der Waals surface area contributed by atoms with Crippen molar-refractivity contribution in [2.75, 3.05) is 0 Å². The van der Waals surface area contributed by atoms with Gasteiger partial charge in [0.2, 0.25) is 0 Å². The Morgan fingerprint density at radius 1 is 0.700 bits per heavy atom. The van der Waals surface area contributed by atoms with Gasteiger partial charge in [-0.2, -0.15) is 8.42 Å². The molecule has 4 heteroatoms. The third-order valence-corrected chi connectivity index (χ3v) is 4.02. The highest BCUT2D eigenvalue weighted by Crippen LogP contribution is 2.26. The van der Waals surface area contributed by atoms with Crippen molar-refractivity contribution in [3.63, 3.8) is 0 Å². The summed E-state index contributed by atoms with van der Waals surface area (Å²) in [5, 5.41) is 2.16. The maximum atomic E-state index is 13.0. The van der Waals surface area contributed by atoms with Gasteiger partial charge in [-0.15, -0.1) is 3.89 Å². The van der Waals surface area contributed by atoms with Crippen molar-refractivity contribution >= 4 is 21.0 Å². The van der Waals surface area contributed by atoms with Crippen LogP contribution in [-0.2, 0) is 10.2 Å². The van der Waals surface area contributed by atoms with Crippen LogP contribution in [0.1, 0.15) is 0 Å². The zero-order valence-corrected chi connectivity index (χ0v) is 11.3. The summed E-state index contributed by atoms with van der Waals surface area (Å²) in [7, 11) is -4.68. The molecular formula is C16H11FO2S. The first-order valence-electron chi connectivity index (χ1n) is 6.08. The van der Waals surface area contributed by atoms with E-state index < -0.39 is 10.2 Å². The second kappa shape index (κ2) is 4.72. The highest BCUT2D eigenvalue weighted by Gasteiger charge is 2.12. The molecular weight excluding hydrogens is 275 g/mol. The lowest BCUT2D eigenvalue weighted by atomic mass is 10.0. The Morgan fingerprint density at radius 3 is 2.15 bits per heavy atom. The molecule has 0 atom stereocenters. The van der Waals surface area contributed by atoms with Crippen LogP contribution in [0.4, 0.5) is 3.89 Å². The van der Waals surface area contributed by atoms with E-state index in [1.807, 2.05) is 42.5 Å². The fourth-order valence-electron chi connectivity index (χ4n) is 2.20. The van der Waals surface area contributed by atoms with Crippen molar-refractivity contribution in [2.24, 2.45) is 0 Å². The molecule has 20 heavy (non-hydrogen) atoms. The van der Waals surface area contributed by atoms with Crippen LogP contribution in [0.2, 0.25) is 0 Å². The monoisotopic (exact) mass is 286 g/mol. The van der Waals surface area contributed by atoms with E-state index >= 15 is 0 Å². The number of fused-ring (bicyclic) bond motifs is 1. The molecule has 0 aliphatic carbocycles. The highest BCUT2D eigenvalue weighted by molar-refractivity contribution is 7.86. The van der Waals surface area contributed by atoms with Gasteiger partial charge in [-0.3, -0.25) is 0 Å². The Bertz CT molecular complexity index is 886. The zero-order valence-electron chi connectivity index (χ0n) is 10.5. The largest absolute Gasteiger partial charge is 0.332 e. The summed E-state index contributed by atoms with van der Waals surface area (Å²) in [5.74, 6) is 0. The molecule has 0 unspecified atom stereocenters. The molecule has 0 aromatic heterocycles. The summed E-state index contributed by atoms with van der Waals surface area (Å²) in [5.41, 5.74) is 1.53. The lowest BCUT2D eigenvalue weighted by Crippen LogP contribution is -1.91. The number of hydrogen-bond acceptors (Lipinski definition) is 2. The predicted octanol–water partition coefficient (Wildman–Crippen LogP) is 4.17. The minimum atomic E-state index is -4.68. The summed E-state index contributed by atoms with van der Waals surface area (Å²) in [6, 6.07) is 19.6. The molecule has 0 aliphatic rings. The molecule has 0 N–H and O–H groups in total. The van der Waals surface area contributed by atoms with Crippen LogP contribution in [-0.4, -0.2) is 8.42 Å². The van der Waals surface area contributed by atoms with Crippen LogP contribution in [0, 0.1) is 0 Å². The van der Waals surface area contributed by atoms with E-state index in [-0.39, 0.29) is 4.90 Å². The van der Waals surface area contributed by atoms with Crippen molar-refractivity contribution in [1.82, 2.24) is 0 Å². The molecule has 0 saturated carbocycles. The Kier molecular flexibility index (Phi) is 3.03. The first-order chi connectivity index (χ1) is 9.54. The van der Waals surface area contributed by atoms with Gasteiger partial charge >= 0.3 is 10.2 Å². The van der Waals surface area contributed by atoms with Crippen LogP contribution in [0.15, 0.2) is 71.6 Å². The van der Waals surface area contributed by atoms with Gasteiger partial charge in [-0.25, -0.2) is 0 Å². The van der Waals surface area contributed by atoms with Crippen molar-refractivity contribution < 1.29 is 12.3 Å². The van der Waals surface area contributed by atoms with Gasteiger partial charge < -0.3 is 0 Å². The minimum absolute atomic E-state index is 0.317. The molecule has 0 bridgehead atoms. The molecule has 3 aromatic rings. The van der Waals surface area contributed by atoms with Crippen LogP contribution in [0.5, 0.6) is 0 Å². The van der Waals surface area contributed by atoms with E-state index in [2.05, 4.69) is 0 Å². The summed E-state index contributed by atoms with van der Waals surface area (Å²) in [6.45, 7) is 0. The number of rotatable bonds is 2. The molecule has 0 radical (unpaired) electrons. The van der Waals surface area contributed by atoms with E-state index in [9.17, 15) is 12.3 Å². The summed E-state index contributed by atoms with van der Waals surface area (Å²) < 4.78 is 35.0. The average Bonchev–Trinajstić information content (AvgIpc) is 2.46. The Labute approximate surface area is 116 Å². The molecule has 0 heterocycles. The normalized spacial score (nSPS) is 11.7. The van der Waals surface area contributed by atoms with Crippen molar-refractivity contribution in [3.8, 4) is 11.1 Å². The van der Waals surface area contributed by atoms with E-state index in [4.69, 9.17) is 0 Å². The van der Waals surface area contributed by atoms with E-state index in [0.717, 1.165) is 16.3 Å². The minimum Gasteiger partial charge on any atom is -0.189 e. The maximum Gasteiger partial charge on any atom is 0.332 e. The third-order valence-electron chi connectivity index (χ3n) is 3.20. The SMILES string of the molecule is O=S(=O)(F)c1cccc(-c2ccc3ccccc3c2)c1. The van der Waals surface area contributed by atoms with Gasteiger partial charge in [0, 0.05) is 0 Å². The van der Waals surface area contributed by atoms with Crippen molar-refractivity contribution in [3.05, 3.63) is 66.7 Å². The fraction of sp³-hybridized carbons (Fsp3) is 0. The predicted molar refractivity (Wildman–Crippen MR) is 77.7 cm³/mol. The van der Waals surface area contributed by atoms with Crippen molar-refractivity contribution in [1.29, 1.82) is 0 Å². The Morgan fingerprint density at radius 2 is 1.40 bits per heavy atom. The van der Waals surface area contributed by atoms with Gasteiger partial charge in [-0.1, -0.05) is 48.5 Å². The number of hydrogen-bond donors (Lipinski definition) is 0. The van der Waals surface area contributed by atoms with E-state index in [1.54, 1.807) is 6.07 Å². The second-order valence-corrected chi connectivity index (χ2v) is 5.87.